The maximum absolute atomic E-state index is 13.3. The Morgan fingerprint density at radius 1 is 1.11 bits per heavy atom. The van der Waals surface area contributed by atoms with E-state index in [9.17, 15) is 9.59 Å². The van der Waals surface area contributed by atoms with Gasteiger partial charge in [0.1, 0.15) is 5.60 Å². The van der Waals surface area contributed by atoms with Gasteiger partial charge in [-0.25, -0.2) is 4.79 Å². The number of rotatable bonds is 7. The third kappa shape index (κ3) is 7.15. The number of amides is 2. The van der Waals surface area contributed by atoms with Crippen molar-refractivity contribution in [3.8, 4) is 0 Å². The minimum absolute atomic E-state index is 0.155. The molecule has 1 N–H and O–H groups in total. The molecule has 1 fully saturated rings. The molecule has 0 atom stereocenters. The zero-order valence-electron chi connectivity index (χ0n) is 23.1. The van der Waals surface area contributed by atoms with Crippen molar-refractivity contribution in [2.24, 2.45) is 5.92 Å². The highest BCUT2D eigenvalue weighted by Crippen LogP contribution is 2.28. The first kappa shape index (κ1) is 27.2. The molecule has 1 aliphatic rings. The van der Waals surface area contributed by atoms with Crippen molar-refractivity contribution in [1.29, 1.82) is 0 Å². The highest BCUT2D eigenvalue weighted by atomic mass is 16.6. The smallest absolute Gasteiger partial charge is 0.414 e. The summed E-state index contributed by atoms with van der Waals surface area (Å²) in [5.74, 6) is 0.560. The minimum atomic E-state index is -0.603. The highest BCUT2D eigenvalue weighted by molar-refractivity contribution is 6.08. The average Bonchev–Trinajstić information content (AvgIpc) is 3.31. The van der Waals surface area contributed by atoms with Crippen molar-refractivity contribution in [1.82, 2.24) is 9.78 Å². The van der Waals surface area contributed by atoms with Gasteiger partial charge in [0.25, 0.3) is 5.91 Å². The second-order valence-electron chi connectivity index (χ2n) is 11.1. The van der Waals surface area contributed by atoms with Gasteiger partial charge in [-0.1, -0.05) is 31.2 Å². The van der Waals surface area contributed by atoms with Crippen molar-refractivity contribution in [2.75, 3.05) is 34.8 Å². The summed E-state index contributed by atoms with van der Waals surface area (Å²) < 4.78 is 7.34. The van der Waals surface area contributed by atoms with Crippen molar-refractivity contribution in [3.05, 3.63) is 72.1 Å². The van der Waals surface area contributed by atoms with E-state index in [4.69, 9.17) is 4.74 Å². The minimum Gasteiger partial charge on any atom is -0.443 e. The highest BCUT2D eigenvalue weighted by Gasteiger charge is 2.24. The van der Waals surface area contributed by atoms with E-state index in [0.29, 0.717) is 30.3 Å². The van der Waals surface area contributed by atoms with Crippen LogP contribution in [0, 0.1) is 12.8 Å². The lowest BCUT2D eigenvalue weighted by atomic mass is 9.97. The first-order valence-electron chi connectivity index (χ1n) is 13.3. The van der Waals surface area contributed by atoms with E-state index in [-0.39, 0.29) is 5.91 Å². The Morgan fingerprint density at radius 3 is 2.50 bits per heavy atom. The molecule has 2 amide bonds. The van der Waals surface area contributed by atoms with Crippen LogP contribution in [0.5, 0.6) is 0 Å². The molecule has 4 rings (SSSR count). The molecule has 0 spiro atoms. The fourth-order valence-electron chi connectivity index (χ4n) is 4.55. The lowest BCUT2D eigenvalue weighted by Gasteiger charge is -2.33. The lowest BCUT2D eigenvalue weighted by Crippen LogP contribution is -2.38. The molecule has 8 nitrogen and oxygen atoms in total. The number of piperidine rings is 1. The van der Waals surface area contributed by atoms with Gasteiger partial charge in [0.15, 0.2) is 0 Å². The number of aryl methyl sites for hydroxylation is 1. The third-order valence-corrected chi connectivity index (χ3v) is 6.65. The molecule has 1 aromatic heterocycles. The fraction of sp³-hybridized carbons (Fsp3) is 0.433. The van der Waals surface area contributed by atoms with Crippen LogP contribution in [0.15, 0.2) is 60.9 Å². The van der Waals surface area contributed by atoms with E-state index in [1.807, 2.05) is 63.2 Å². The number of anilines is 3. The Balaban J connectivity index is 1.43. The van der Waals surface area contributed by atoms with Gasteiger partial charge in [-0.2, -0.15) is 5.10 Å². The molecule has 2 heterocycles. The summed E-state index contributed by atoms with van der Waals surface area (Å²) in [6.45, 7) is 12.6. The second kappa shape index (κ2) is 11.7. The number of aromatic nitrogens is 2. The van der Waals surface area contributed by atoms with Gasteiger partial charge in [0.05, 0.1) is 24.0 Å². The Labute approximate surface area is 225 Å². The van der Waals surface area contributed by atoms with Crippen LogP contribution in [-0.4, -0.2) is 47.0 Å². The number of hydrogen-bond donors (Lipinski definition) is 1. The van der Waals surface area contributed by atoms with Gasteiger partial charge in [-0.05, 0) is 76.3 Å². The molecule has 0 aliphatic carbocycles. The van der Waals surface area contributed by atoms with Crippen LogP contribution in [0.3, 0.4) is 0 Å². The molecule has 1 aliphatic heterocycles. The number of para-hydroxylation sites is 1. The van der Waals surface area contributed by atoms with Crippen LogP contribution in [0.1, 0.15) is 56.5 Å². The Hall–Kier alpha value is -3.81. The summed E-state index contributed by atoms with van der Waals surface area (Å²) in [7, 11) is 0. The molecule has 38 heavy (non-hydrogen) atoms. The van der Waals surface area contributed by atoms with Crippen LogP contribution in [0.25, 0.3) is 0 Å². The predicted molar refractivity (Wildman–Crippen MR) is 152 cm³/mol. The number of carbonyl (C=O) groups is 2. The van der Waals surface area contributed by atoms with Crippen LogP contribution in [0.2, 0.25) is 0 Å². The van der Waals surface area contributed by atoms with E-state index >= 15 is 0 Å². The molecule has 0 saturated carbocycles. The van der Waals surface area contributed by atoms with Crippen molar-refractivity contribution >= 4 is 29.1 Å². The standard InChI is InChI=1S/C30H39N5O3/c1-22-13-15-33(16-14-22)27-19-23(2)11-12-26(27)28(36)32-24-20-31-34(21-24)17-18-35(25-9-7-6-8-10-25)29(37)38-30(3,4)5/h6-12,19-22H,13-18H2,1-5H3,(H,32,36). The average molecular weight is 518 g/mol. The monoisotopic (exact) mass is 517 g/mol. The van der Waals surface area contributed by atoms with E-state index in [0.717, 1.165) is 42.9 Å². The maximum atomic E-state index is 13.3. The molecular formula is C30H39N5O3. The molecule has 202 valence electrons. The van der Waals surface area contributed by atoms with Gasteiger partial charge in [0, 0.05) is 37.2 Å². The zero-order valence-corrected chi connectivity index (χ0v) is 23.1. The molecule has 0 radical (unpaired) electrons. The molecule has 8 heteroatoms. The topological polar surface area (TPSA) is 79.7 Å². The van der Waals surface area contributed by atoms with E-state index in [2.05, 4.69) is 35.2 Å². The largest absolute Gasteiger partial charge is 0.443 e. The van der Waals surface area contributed by atoms with Gasteiger partial charge < -0.3 is 15.0 Å². The molecule has 0 bridgehead atoms. The number of carbonyl (C=O) groups excluding carboxylic acids is 2. The van der Waals surface area contributed by atoms with Gasteiger partial charge in [-0.15, -0.1) is 0 Å². The molecular weight excluding hydrogens is 478 g/mol. The number of nitrogens with zero attached hydrogens (tertiary/aromatic N) is 4. The summed E-state index contributed by atoms with van der Waals surface area (Å²) in [6.07, 6.45) is 5.26. The van der Waals surface area contributed by atoms with Crippen LogP contribution < -0.4 is 15.1 Å². The van der Waals surface area contributed by atoms with Gasteiger partial charge in [-0.3, -0.25) is 14.4 Å². The Bertz CT molecular complexity index is 1240. The first-order valence-corrected chi connectivity index (χ1v) is 13.3. The van der Waals surface area contributed by atoms with E-state index < -0.39 is 11.7 Å². The molecule has 2 aromatic carbocycles. The molecule has 0 unspecified atom stereocenters. The number of nitrogens with one attached hydrogen (secondary N) is 1. The maximum Gasteiger partial charge on any atom is 0.414 e. The molecule has 3 aromatic rings. The summed E-state index contributed by atoms with van der Waals surface area (Å²) in [6, 6.07) is 15.4. The fourth-order valence-corrected chi connectivity index (χ4v) is 4.55. The summed E-state index contributed by atoms with van der Waals surface area (Å²) in [4.78, 5) is 30.1. The summed E-state index contributed by atoms with van der Waals surface area (Å²) in [5, 5.41) is 7.42. The summed E-state index contributed by atoms with van der Waals surface area (Å²) in [5.41, 5.74) is 3.54. The zero-order chi connectivity index (χ0) is 27.3. The predicted octanol–water partition coefficient (Wildman–Crippen LogP) is 6.12. The first-order chi connectivity index (χ1) is 18.1. The second-order valence-corrected chi connectivity index (χ2v) is 11.1. The van der Waals surface area contributed by atoms with Crippen molar-refractivity contribution < 1.29 is 14.3 Å². The quantitative estimate of drug-likeness (QED) is 0.408. The summed E-state index contributed by atoms with van der Waals surface area (Å²) >= 11 is 0. The molecule has 1 saturated heterocycles. The van der Waals surface area contributed by atoms with E-state index in [1.54, 1.807) is 22.0 Å². The number of benzene rings is 2. The van der Waals surface area contributed by atoms with Gasteiger partial charge in [0.2, 0.25) is 0 Å². The van der Waals surface area contributed by atoms with Crippen LogP contribution >= 0.6 is 0 Å². The SMILES string of the molecule is Cc1ccc(C(=O)Nc2cnn(CCN(C(=O)OC(C)(C)C)c3ccccc3)c2)c(N2CCC(C)CC2)c1. The Morgan fingerprint density at radius 2 is 1.82 bits per heavy atom. The van der Waals surface area contributed by atoms with Crippen LogP contribution in [0.4, 0.5) is 21.9 Å². The normalized spacial score (nSPS) is 14.3. The van der Waals surface area contributed by atoms with Crippen molar-refractivity contribution in [2.45, 2.75) is 59.6 Å². The van der Waals surface area contributed by atoms with Crippen LogP contribution in [-0.2, 0) is 11.3 Å². The van der Waals surface area contributed by atoms with E-state index in [1.165, 1.54) is 0 Å². The van der Waals surface area contributed by atoms with Gasteiger partial charge >= 0.3 is 6.09 Å². The number of ether oxygens (including phenoxy) is 1. The number of hydrogen-bond acceptors (Lipinski definition) is 5. The lowest BCUT2D eigenvalue weighted by molar-refractivity contribution is 0.0578. The Kier molecular flexibility index (Phi) is 8.39. The third-order valence-electron chi connectivity index (χ3n) is 6.65. The van der Waals surface area contributed by atoms with Crippen molar-refractivity contribution in [3.63, 3.8) is 0 Å².